The second-order valence-corrected chi connectivity index (χ2v) is 1.93. The van der Waals surface area contributed by atoms with Crippen molar-refractivity contribution in [3.63, 3.8) is 0 Å². The predicted molar refractivity (Wildman–Crippen MR) is 42.7 cm³/mol. The Kier molecular flexibility index (Phi) is 2.21. The molecule has 0 aromatic carbocycles. The van der Waals surface area contributed by atoms with Crippen molar-refractivity contribution in [2.75, 3.05) is 0 Å². The van der Waals surface area contributed by atoms with Gasteiger partial charge in [-0.1, -0.05) is 0 Å². The highest BCUT2D eigenvalue weighted by Gasteiger charge is 2.00. The van der Waals surface area contributed by atoms with Crippen LogP contribution in [0.1, 0.15) is 5.69 Å². The summed E-state index contributed by atoms with van der Waals surface area (Å²) in [5.41, 5.74) is 1.01. The van der Waals surface area contributed by atoms with Gasteiger partial charge in [-0.05, 0) is 0 Å². The molecule has 0 N–H and O–H groups in total. The summed E-state index contributed by atoms with van der Waals surface area (Å²) < 4.78 is 1.44. The quantitative estimate of drug-likeness (QED) is 0.591. The van der Waals surface area contributed by atoms with Gasteiger partial charge in [0.1, 0.15) is 12.4 Å². The molecule has 2 rings (SSSR count). The van der Waals surface area contributed by atoms with Crippen LogP contribution in [0.15, 0.2) is 18.7 Å². The number of fused-ring (bicyclic) bond motifs is 1. The molecule has 6 heteroatoms. The number of hydrogen-bond acceptors (Lipinski definition) is 4. The lowest BCUT2D eigenvalue weighted by Gasteiger charge is -1.87. The first-order valence-corrected chi connectivity index (χ1v) is 2.95. The van der Waals surface area contributed by atoms with E-state index in [9.17, 15) is 0 Å². The minimum atomic E-state index is 0. The van der Waals surface area contributed by atoms with E-state index in [-0.39, 0.29) is 12.4 Å². The van der Waals surface area contributed by atoms with Crippen LogP contribution in [0.3, 0.4) is 0 Å². The minimum absolute atomic E-state index is 0. The normalized spacial score (nSPS) is 8.92. The summed E-state index contributed by atoms with van der Waals surface area (Å²) in [4.78, 5) is 7.66. The molecule has 12 heavy (non-hydrogen) atoms. The lowest BCUT2D eigenvalue weighted by atomic mass is 10.5. The summed E-state index contributed by atoms with van der Waals surface area (Å²) in [6.45, 7) is 0. The molecule has 0 spiro atoms. The van der Waals surface area contributed by atoms with E-state index < -0.39 is 0 Å². The summed E-state index contributed by atoms with van der Waals surface area (Å²) in [5.74, 6) is 0. The molecule has 0 radical (unpaired) electrons. The minimum Gasteiger partial charge on any atom is -0.239 e. The molecule has 5 nitrogen and oxygen atoms in total. The number of imidazole rings is 1. The van der Waals surface area contributed by atoms with Crippen molar-refractivity contribution in [3.8, 4) is 6.07 Å². The highest BCUT2D eigenvalue weighted by molar-refractivity contribution is 5.85. The Hall–Kier alpha value is -1.67. The monoisotopic (exact) mass is 181 g/mol. The van der Waals surface area contributed by atoms with Crippen molar-refractivity contribution >= 4 is 18.1 Å². The molecule has 0 aliphatic heterocycles. The third-order valence-electron chi connectivity index (χ3n) is 1.30. The molecule has 60 valence electrons. The fraction of sp³-hybridized carbons (Fsp3) is 0. The van der Waals surface area contributed by atoms with Gasteiger partial charge in [0.15, 0.2) is 11.3 Å². The Balaban J connectivity index is 0.000000720. The summed E-state index contributed by atoms with van der Waals surface area (Å²) >= 11 is 0. The summed E-state index contributed by atoms with van der Waals surface area (Å²) in [5, 5.41) is 12.4. The van der Waals surface area contributed by atoms with Gasteiger partial charge in [-0.2, -0.15) is 10.4 Å². The van der Waals surface area contributed by atoms with Gasteiger partial charge in [-0.15, -0.1) is 12.4 Å². The number of rotatable bonds is 0. The van der Waals surface area contributed by atoms with Gasteiger partial charge < -0.3 is 0 Å². The van der Waals surface area contributed by atoms with Crippen LogP contribution in [0.4, 0.5) is 0 Å². The maximum Gasteiger partial charge on any atom is 0.173 e. The van der Waals surface area contributed by atoms with Crippen LogP contribution in [-0.4, -0.2) is 19.6 Å². The summed E-state index contributed by atoms with van der Waals surface area (Å²) in [7, 11) is 0. The average molecular weight is 182 g/mol. The fourth-order valence-electron chi connectivity index (χ4n) is 0.827. The van der Waals surface area contributed by atoms with Crippen LogP contribution >= 0.6 is 12.4 Å². The van der Waals surface area contributed by atoms with Gasteiger partial charge in [0.05, 0.1) is 12.4 Å². The van der Waals surface area contributed by atoms with E-state index in [4.69, 9.17) is 5.26 Å². The Morgan fingerprint density at radius 2 is 2.25 bits per heavy atom. The molecule has 2 heterocycles. The van der Waals surface area contributed by atoms with Gasteiger partial charge in [-0.3, -0.25) is 0 Å². The zero-order chi connectivity index (χ0) is 7.68. The first kappa shape index (κ1) is 8.43. The largest absolute Gasteiger partial charge is 0.239 e. The van der Waals surface area contributed by atoms with Crippen LogP contribution in [0.25, 0.3) is 5.65 Å². The van der Waals surface area contributed by atoms with Crippen LogP contribution < -0.4 is 0 Å². The Bertz CT molecular complexity index is 429. The Morgan fingerprint density at radius 3 is 3.00 bits per heavy atom. The molecule has 0 atom stereocenters. The maximum absolute atomic E-state index is 8.55. The highest BCUT2D eigenvalue weighted by atomic mass is 35.5. The summed E-state index contributed by atoms with van der Waals surface area (Å²) in [6.07, 6.45) is 4.38. The van der Waals surface area contributed by atoms with Crippen LogP contribution in [-0.2, 0) is 0 Å². The molecular weight excluding hydrogens is 178 g/mol. The van der Waals surface area contributed by atoms with Crippen LogP contribution in [0.5, 0.6) is 0 Å². The van der Waals surface area contributed by atoms with E-state index in [0.29, 0.717) is 11.3 Å². The number of aromatic nitrogens is 4. The van der Waals surface area contributed by atoms with E-state index in [2.05, 4.69) is 15.1 Å². The lowest BCUT2D eigenvalue weighted by molar-refractivity contribution is 0.885. The van der Waals surface area contributed by atoms with Crippen molar-refractivity contribution in [3.05, 3.63) is 24.4 Å². The molecule has 0 unspecified atom stereocenters. The number of nitrogens with zero attached hydrogens (tertiary/aromatic N) is 5. The summed E-state index contributed by atoms with van der Waals surface area (Å²) in [6, 6.07) is 1.96. The van der Waals surface area contributed by atoms with Crippen molar-refractivity contribution in [1.29, 1.82) is 5.26 Å². The first-order valence-electron chi connectivity index (χ1n) is 2.95. The number of nitriles is 1. The van der Waals surface area contributed by atoms with E-state index in [0.717, 1.165) is 0 Å². The fourth-order valence-corrected chi connectivity index (χ4v) is 0.827. The number of halogens is 1. The molecule has 0 amide bonds. The molecule has 0 fully saturated rings. The van der Waals surface area contributed by atoms with Gasteiger partial charge in [0, 0.05) is 0 Å². The third-order valence-corrected chi connectivity index (χ3v) is 1.30. The maximum atomic E-state index is 8.55. The first-order chi connectivity index (χ1) is 5.42. The molecule has 0 aliphatic carbocycles. The van der Waals surface area contributed by atoms with Gasteiger partial charge in [-0.25, -0.2) is 14.5 Å². The second kappa shape index (κ2) is 3.15. The van der Waals surface area contributed by atoms with Crippen molar-refractivity contribution in [2.24, 2.45) is 0 Å². The Labute approximate surface area is 74.1 Å². The van der Waals surface area contributed by atoms with E-state index >= 15 is 0 Å². The third kappa shape index (κ3) is 1.08. The van der Waals surface area contributed by atoms with Crippen LogP contribution in [0.2, 0.25) is 0 Å². The topological polar surface area (TPSA) is 66.9 Å². The standard InChI is InChI=1S/C6H3N5.ClH/c7-1-5-2-9-6-3-8-4-10-11(5)6;/h2-4H;1H. The van der Waals surface area contributed by atoms with E-state index in [1.165, 1.54) is 17.0 Å². The SMILES string of the molecule is Cl.N#Cc1cnc2cncnn12. The predicted octanol–water partition coefficient (Wildman–Crippen LogP) is 0.418. The van der Waals surface area contributed by atoms with E-state index in [1.54, 1.807) is 6.20 Å². The second-order valence-electron chi connectivity index (χ2n) is 1.93. The molecule has 2 aromatic heterocycles. The molecule has 0 saturated heterocycles. The lowest BCUT2D eigenvalue weighted by Crippen LogP contribution is -1.93. The van der Waals surface area contributed by atoms with Crippen molar-refractivity contribution in [2.45, 2.75) is 0 Å². The smallest absolute Gasteiger partial charge is 0.173 e. The Morgan fingerprint density at radius 1 is 1.42 bits per heavy atom. The number of hydrogen-bond donors (Lipinski definition) is 0. The van der Waals surface area contributed by atoms with Crippen molar-refractivity contribution in [1.82, 2.24) is 19.6 Å². The molecule has 2 aromatic rings. The highest BCUT2D eigenvalue weighted by Crippen LogP contribution is 1.99. The molecule has 0 saturated carbocycles. The van der Waals surface area contributed by atoms with Crippen LogP contribution in [0, 0.1) is 11.3 Å². The van der Waals surface area contributed by atoms with Gasteiger partial charge >= 0.3 is 0 Å². The zero-order valence-electron chi connectivity index (χ0n) is 5.88. The molecule has 0 aliphatic rings. The van der Waals surface area contributed by atoms with Gasteiger partial charge in [0.25, 0.3) is 0 Å². The van der Waals surface area contributed by atoms with Crippen molar-refractivity contribution < 1.29 is 0 Å². The average Bonchev–Trinajstić information content (AvgIpc) is 2.47. The zero-order valence-corrected chi connectivity index (χ0v) is 6.69. The molecular formula is C6H4ClN5. The van der Waals surface area contributed by atoms with E-state index in [1.807, 2.05) is 6.07 Å². The van der Waals surface area contributed by atoms with Gasteiger partial charge in [0.2, 0.25) is 0 Å². The molecule has 0 bridgehead atoms.